The molecule has 0 nitrogen and oxygen atoms in total. The van der Waals surface area contributed by atoms with Gasteiger partial charge >= 0.3 is 0 Å². The predicted octanol–water partition coefficient (Wildman–Crippen LogP) is 4.40. The molecule has 0 unspecified atom stereocenters. The summed E-state index contributed by atoms with van der Waals surface area (Å²) in [6, 6.07) is 6.94. The largest absolute Gasteiger partial charge is 0.0617 e. The first-order valence-corrected chi connectivity index (χ1v) is 6.20. The topological polar surface area (TPSA) is 0 Å². The van der Waals surface area contributed by atoms with Crippen molar-refractivity contribution >= 4 is 0 Å². The zero-order chi connectivity index (χ0) is 10.4. The number of hydrogen-bond donors (Lipinski definition) is 0. The maximum absolute atomic E-state index is 2.37. The zero-order valence-electron chi connectivity index (χ0n) is 9.72. The summed E-state index contributed by atoms with van der Waals surface area (Å²) in [5, 5.41) is 0. The lowest BCUT2D eigenvalue weighted by molar-refractivity contribution is 0.977. The molecule has 2 aliphatic rings. The van der Waals surface area contributed by atoms with Crippen LogP contribution in [0.3, 0.4) is 0 Å². The van der Waals surface area contributed by atoms with E-state index in [4.69, 9.17) is 0 Å². The summed E-state index contributed by atoms with van der Waals surface area (Å²) < 4.78 is 0. The highest BCUT2D eigenvalue weighted by molar-refractivity contribution is 5.48. The van der Waals surface area contributed by atoms with Crippen LogP contribution >= 0.6 is 0 Å². The molecule has 0 atom stereocenters. The number of rotatable bonds is 3. The summed E-state index contributed by atoms with van der Waals surface area (Å²) in [5.74, 6) is 3.28. The van der Waals surface area contributed by atoms with Gasteiger partial charge in [0.25, 0.3) is 0 Å². The van der Waals surface area contributed by atoms with Gasteiger partial charge in [0, 0.05) is 0 Å². The van der Waals surface area contributed by atoms with Gasteiger partial charge < -0.3 is 0 Å². The molecule has 79 valence electrons. The van der Waals surface area contributed by atoms with Crippen molar-refractivity contribution in [2.45, 2.75) is 51.4 Å². The van der Waals surface area contributed by atoms with E-state index in [-0.39, 0.29) is 0 Å². The third-order valence-corrected chi connectivity index (χ3v) is 3.68. The normalized spacial score (nSPS) is 21.0. The van der Waals surface area contributed by atoms with E-state index in [0.717, 1.165) is 11.8 Å². The Hall–Kier alpha value is -0.780. The van der Waals surface area contributed by atoms with Crippen LogP contribution in [0, 0.1) is 5.92 Å². The van der Waals surface area contributed by atoms with Gasteiger partial charge in [-0.2, -0.15) is 0 Å². The SMILES string of the molecule is C[C](C)c1cccc(C2CC2)c1C1CC1. The Bertz CT molecular complexity index is 347. The molecule has 0 heterocycles. The van der Waals surface area contributed by atoms with Crippen molar-refractivity contribution in [3.63, 3.8) is 0 Å². The molecule has 0 heteroatoms. The van der Waals surface area contributed by atoms with Gasteiger partial charge in [-0.05, 0) is 60.1 Å². The lowest BCUT2D eigenvalue weighted by atomic mass is 9.89. The Labute approximate surface area is 92.7 Å². The summed E-state index contributed by atoms with van der Waals surface area (Å²) in [5.41, 5.74) is 4.93. The van der Waals surface area contributed by atoms with E-state index < -0.39 is 0 Å². The Kier molecular flexibility index (Phi) is 2.12. The molecule has 0 spiro atoms. The van der Waals surface area contributed by atoms with Gasteiger partial charge in [0.15, 0.2) is 0 Å². The monoisotopic (exact) mass is 199 g/mol. The fourth-order valence-corrected chi connectivity index (χ4v) is 2.60. The molecule has 0 aromatic heterocycles. The minimum absolute atomic E-state index is 0.895. The summed E-state index contributed by atoms with van der Waals surface area (Å²) in [4.78, 5) is 0. The third-order valence-electron chi connectivity index (χ3n) is 3.68. The first-order chi connectivity index (χ1) is 7.27. The van der Waals surface area contributed by atoms with Crippen LogP contribution in [-0.4, -0.2) is 0 Å². The van der Waals surface area contributed by atoms with E-state index in [0.29, 0.717) is 0 Å². The Morgan fingerprint density at radius 1 is 1.00 bits per heavy atom. The molecule has 1 aromatic rings. The van der Waals surface area contributed by atoms with Crippen LogP contribution in [-0.2, 0) is 0 Å². The molecule has 2 saturated carbocycles. The molecule has 2 aliphatic carbocycles. The first kappa shape index (κ1) is 9.45. The second kappa shape index (κ2) is 3.37. The van der Waals surface area contributed by atoms with Crippen LogP contribution in [0.15, 0.2) is 18.2 Å². The first-order valence-electron chi connectivity index (χ1n) is 6.20. The van der Waals surface area contributed by atoms with Gasteiger partial charge in [0.05, 0.1) is 0 Å². The van der Waals surface area contributed by atoms with Gasteiger partial charge in [-0.25, -0.2) is 0 Å². The maximum Gasteiger partial charge on any atom is -0.000901 e. The van der Waals surface area contributed by atoms with Crippen molar-refractivity contribution in [1.82, 2.24) is 0 Å². The van der Waals surface area contributed by atoms with Gasteiger partial charge in [0.2, 0.25) is 0 Å². The summed E-state index contributed by atoms with van der Waals surface area (Å²) in [7, 11) is 0. The summed E-state index contributed by atoms with van der Waals surface area (Å²) >= 11 is 0. The second-order valence-corrected chi connectivity index (χ2v) is 5.36. The number of hydrogen-bond acceptors (Lipinski definition) is 0. The lowest BCUT2D eigenvalue weighted by Gasteiger charge is -2.16. The average Bonchev–Trinajstić information content (AvgIpc) is 3.08. The van der Waals surface area contributed by atoms with Gasteiger partial charge in [-0.1, -0.05) is 32.0 Å². The third kappa shape index (κ3) is 1.71. The van der Waals surface area contributed by atoms with E-state index in [9.17, 15) is 0 Å². The molecule has 1 radical (unpaired) electrons. The molecule has 0 saturated heterocycles. The number of benzene rings is 1. The van der Waals surface area contributed by atoms with Crippen LogP contribution in [0.5, 0.6) is 0 Å². The fourth-order valence-electron chi connectivity index (χ4n) is 2.60. The lowest BCUT2D eigenvalue weighted by Crippen LogP contribution is -2.00. The predicted molar refractivity (Wildman–Crippen MR) is 64.1 cm³/mol. The van der Waals surface area contributed by atoms with E-state index in [1.165, 1.54) is 31.6 Å². The van der Waals surface area contributed by atoms with Gasteiger partial charge in [0.1, 0.15) is 0 Å². The van der Waals surface area contributed by atoms with E-state index in [2.05, 4.69) is 32.0 Å². The summed E-state index contributed by atoms with van der Waals surface area (Å²) in [6.07, 6.45) is 5.69. The standard InChI is InChI=1S/C15H19/c1-10(2)13-4-3-5-14(11-6-7-11)15(13)12-8-9-12/h3-5,11-12H,6-9H2,1-2H3. The molecule has 0 amide bonds. The van der Waals surface area contributed by atoms with Crippen LogP contribution in [0.4, 0.5) is 0 Å². The maximum atomic E-state index is 2.37. The molecule has 3 rings (SSSR count). The van der Waals surface area contributed by atoms with Crippen LogP contribution in [0.1, 0.15) is 68.1 Å². The highest BCUT2D eigenvalue weighted by Gasteiger charge is 2.34. The highest BCUT2D eigenvalue weighted by atomic mass is 14.4. The van der Waals surface area contributed by atoms with Crippen molar-refractivity contribution in [2.75, 3.05) is 0 Å². The van der Waals surface area contributed by atoms with Gasteiger partial charge in [-0.15, -0.1) is 0 Å². The van der Waals surface area contributed by atoms with Crippen molar-refractivity contribution < 1.29 is 0 Å². The average molecular weight is 199 g/mol. The Morgan fingerprint density at radius 2 is 1.67 bits per heavy atom. The van der Waals surface area contributed by atoms with Crippen molar-refractivity contribution in [3.8, 4) is 0 Å². The van der Waals surface area contributed by atoms with E-state index >= 15 is 0 Å². The van der Waals surface area contributed by atoms with E-state index in [1.807, 2.05) is 0 Å². The molecule has 0 aliphatic heterocycles. The van der Waals surface area contributed by atoms with Crippen molar-refractivity contribution in [2.24, 2.45) is 0 Å². The molecule has 0 N–H and O–H groups in total. The second-order valence-electron chi connectivity index (χ2n) is 5.36. The van der Waals surface area contributed by atoms with Crippen molar-refractivity contribution in [3.05, 3.63) is 40.8 Å². The molecule has 1 aromatic carbocycles. The van der Waals surface area contributed by atoms with Crippen molar-refractivity contribution in [1.29, 1.82) is 0 Å². The molecule has 15 heavy (non-hydrogen) atoms. The fraction of sp³-hybridized carbons (Fsp3) is 0.533. The van der Waals surface area contributed by atoms with E-state index in [1.54, 1.807) is 16.7 Å². The molecule has 0 bridgehead atoms. The minimum atomic E-state index is 0.895. The highest BCUT2D eigenvalue weighted by Crippen LogP contribution is 2.51. The molecule has 2 fully saturated rings. The zero-order valence-corrected chi connectivity index (χ0v) is 9.72. The quantitative estimate of drug-likeness (QED) is 0.676. The summed E-state index contributed by atoms with van der Waals surface area (Å²) in [6.45, 7) is 4.50. The van der Waals surface area contributed by atoms with Crippen LogP contribution in [0.2, 0.25) is 0 Å². The minimum Gasteiger partial charge on any atom is -0.0617 e. The Morgan fingerprint density at radius 3 is 2.20 bits per heavy atom. The van der Waals surface area contributed by atoms with Gasteiger partial charge in [-0.3, -0.25) is 0 Å². The smallest absolute Gasteiger partial charge is 0.000901 e. The molecular formula is C15H19. The molecular weight excluding hydrogens is 180 g/mol. The van der Waals surface area contributed by atoms with Crippen LogP contribution < -0.4 is 0 Å². The van der Waals surface area contributed by atoms with Crippen LogP contribution in [0.25, 0.3) is 0 Å². The Balaban J connectivity index is 2.08.